The molecule has 0 atom stereocenters. The van der Waals surface area contributed by atoms with Gasteiger partial charge in [0.25, 0.3) is 5.91 Å². The van der Waals surface area contributed by atoms with E-state index in [1.165, 1.54) is 18.2 Å². The van der Waals surface area contributed by atoms with E-state index in [4.69, 9.17) is 21.3 Å². The SMILES string of the molecule is Cc1c(-c2ccccc2)nc2ccccc2c1C(=O)OCC(=O)Nc1cc(S(C)(=O)=O)ccc1Cl. The van der Waals surface area contributed by atoms with Crippen LogP contribution in [0.15, 0.2) is 77.7 Å². The predicted molar refractivity (Wildman–Crippen MR) is 135 cm³/mol. The minimum atomic E-state index is -3.49. The zero-order chi connectivity index (χ0) is 25.2. The molecule has 1 heterocycles. The summed E-state index contributed by atoms with van der Waals surface area (Å²) in [6, 6.07) is 20.7. The molecule has 1 amide bonds. The van der Waals surface area contributed by atoms with Gasteiger partial charge in [0.05, 0.1) is 32.4 Å². The van der Waals surface area contributed by atoms with Crippen molar-refractivity contribution in [2.45, 2.75) is 11.8 Å². The second kappa shape index (κ2) is 9.85. The molecular formula is C26H21ClN2O5S. The van der Waals surface area contributed by atoms with Gasteiger partial charge in [-0.3, -0.25) is 4.79 Å². The Kier molecular flexibility index (Phi) is 6.86. The van der Waals surface area contributed by atoms with Crippen molar-refractivity contribution >= 4 is 49.9 Å². The monoisotopic (exact) mass is 508 g/mol. The number of nitrogens with zero attached hydrogens (tertiary/aromatic N) is 1. The Balaban J connectivity index is 1.59. The average Bonchev–Trinajstić information content (AvgIpc) is 2.83. The van der Waals surface area contributed by atoms with Crippen molar-refractivity contribution in [1.29, 1.82) is 0 Å². The second-order valence-corrected chi connectivity index (χ2v) is 10.3. The number of sulfone groups is 1. The fourth-order valence-corrected chi connectivity index (χ4v) is 4.48. The Morgan fingerprint density at radius 3 is 2.40 bits per heavy atom. The lowest BCUT2D eigenvalue weighted by Crippen LogP contribution is -2.22. The molecule has 0 unspecified atom stereocenters. The minimum Gasteiger partial charge on any atom is -0.452 e. The molecule has 7 nitrogen and oxygen atoms in total. The van der Waals surface area contributed by atoms with E-state index in [2.05, 4.69) is 5.32 Å². The van der Waals surface area contributed by atoms with Crippen LogP contribution in [0.2, 0.25) is 5.02 Å². The summed E-state index contributed by atoms with van der Waals surface area (Å²) in [4.78, 5) is 30.4. The van der Waals surface area contributed by atoms with Crippen molar-refractivity contribution in [2.75, 3.05) is 18.2 Å². The van der Waals surface area contributed by atoms with Crippen LogP contribution < -0.4 is 5.32 Å². The molecule has 4 aromatic rings. The number of para-hydroxylation sites is 1. The molecule has 0 bridgehead atoms. The highest BCUT2D eigenvalue weighted by molar-refractivity contribution is 7.90. The van der Waals surface area contributed by atoms with E-state index in [1.807, 2.05) is 42.5 Å². The highest BCUT2D eigenvalue weighted by atomic mass is 35.5. The molecule has 3 aromatic carbocycles. The van der Waals surface area contributed by atoms with Crippen molar-refractivity contribution in [3.63, 3.8) is 0 Å². The Labute approximate surface area is 207 Å². The zero-order valence-electron chi connectivity index (χ0n) is 18.9. The number of fused-ring (bicyclic) bond motifs is 1. The number of carbonyl (C=O) groups excluding carboxylic acids is 2. The first-order valence-electron chi connectivity index (χ1n) is 10.6. The van der Waals surface area contributed by atoms with E-state index in [-0.39, 0.29) is 15.6 Å². The van der Waals surface area contributed by atoms with Crippen molar-refractivity contribution in [1.82, 2.24) is 4.98 Å². The summed E-state index contributed by atoms with van der Waals surface area (Å²) < 4.78 is 28.9. The summed E-state index contributed by atoms with van der Waals surface area (Å²) in [6.45, 7) is 1.20. The van der Waals surface area contributed by atoms with Gasteiger partial charge in [-0.2, -0.15) is 0 Å². The molecule has 35 heavy (non-hydrogen) atoms. The van der Waals surface area contributed by atoms with Gasteiger partial charge in [-0.05, 0) is 36.8 Å². The van der Waals surface area contributed by atoms with Crippen LogP contribution in [0, 0.1) is 6.92 Å². The Bertz CT molecular complexity index is 1550. The number of rotatable bonds is 6. The van der Waals surface area contributed by atoms with Crippen LogP contribution >= 0.6 is 11.6 Å². The van der Waals surface area contributed by atoms with Crippen LogP contribution in [-0.2, 0) is 19.4 Å². The minimum absolute atomic E-state index is 0.00140. The largest absolute Gasteiger partial charge is 0.452 e. The molecule has 0 saturated carbocycles. The smallest absolute Gasteiger partial charge is 0.339 e. The molecule has 0 aliphatic carbocycles. The van der Waals surface area contributed by atoms with Crippen LogP contribution in [-0.4, -0.2) is 38.1 Å². The molecule has 0 fully saturated rings. The maximum Gasteiger partial charge on any atom is 0.339 e. The van der Waals surface area contributed by atoms with Crippen LogP contribution in [0.3, 0.4) is 0 Å². The number of carbonyl (C=O) groups is 2. The zero-order valence-corrected chi connectivity index (χ0v) is 20.5. The van der Waals surface area contributed by atoms with Gasteiger partial charge in [0.15, 0.2) is 16.4 Å². The van der Waals surface area contributed by atoms with Gasteiger partial charge in [-0.1, -0.05) is 60.1 Å². The first kappa shape index (κ1) is 24.4. The third-order valence-corrected chi connectivity index (χ3v) is 6.80. The number of anilines is 1. The molecule has 0 aliphatic heterocycles. The van der Waals surface area contributed by atoms with Gasteiger partial charge in [0.2, 0.25) is 0 Å². The predicted octanol–water partition coefficient (Wildman–Crippen LogP) is 5.06. The molecule has 9 heteroatoms. The summed E-state index contributed by atoms with van der Waals surface area (Å²) in [6.07, 6.45) is 1.05. The van der Waals surface area contributed by atoms with Gasteiger partial charge in [-0.15, -0.1) is 0 Å². The fourth-order valence-electron chi connectivity index (χ4n) is 3.67. The summed E-state index contributed by atoms with van der Waals surface area (Å²) in [5, 5.41) is 3.26. The van der Waals surface area contributed by atoms with E-state index in [9.17, 15) is 18.0 Å². The molecule has 0 spiro atoms. The van der Waals surface area contributed by atoms with Gasteiger partial charge in [0.1, 0.15) is 0 Å². The second-order valence-electron chi connectivity index (χ2n) is 7.88. The summed E-state index contributed by atoms with van der Waals surface area (Å²) in [7, 11) is -3.49. The molecular weight excluding hydrogens is 488 g/mol. The Hall–Kier alpha value is -3.75. The van der Waals surface area contributed by atoms with Crippen molar-refractivity contribution in [3.8, 4) is 11.3 Å². The lowest BCUT2D eigenvalue weighted by molar-refractivity contribution is -0.119. The van der Waals surface area contributed by atoms with Gasteiger partial charge in [0, 0.05) is 17.2 Å². The maximum absolute atomic E-state index is 13.1. The molecule has 1 aromatic heterocycles. The number of amides is 1. The summed E-state index contributed by atoms with van der Waals surface area (Å²) in [5.41, 5.74) is 3.17. The molecule has 0 radical (unpaired) electrons. The number of aromatic nitrogens is 1. The Morgan fingerprint density at radius 1 is 1.00 bits per heavy atom. The quantitative estimate of drug-likeness (QED) is 0.365. The molecule has 4 rings (SSSR count). The number of halogens is 1. The lowest BCUT2D eigenvalue weighted by Gasteiger charge is -2.14. The van der Waals surface area contributed by atoms with Crippen LogP contribution in [0.1, 0.15) is 15.9 Å². The van der Waals surface area contributed by atoms with E-state index >= 15 is 0 Å². The van der Waals surface area contributed by atoms with Crippen molar-refractivity contribution < 1.29 is 22.7 Å². The third kappa shape index (κ3) is 5.34. The topological polar surface area (TPSA) is 102 Å². The van der Waals surface area contributed by atoms with Gasteiger partial charge >= 0.3 is 5.97 Å². The fraction of sp³-hybridized carbons (Fsp3) is 0.115. The first-order valence-corrected chi connectivity index (χ1v) is 12.8. The normalized spacial score (nSPS) is 11.3. The van der Waals surface area contributed by atoms with E-state index in [0.717, 1.165) is 11.8 Å². The van der Waals surface area contributed by atoms with Crippen LogP contribution in [0.25, 0.3) is 22.2 Å². The van der Waals surface area contributed by atoms with Crippen molar-refractivity contribution in [3.05, 3.63) is 88.9 Å². The highest BCUT2D eigenvalue weighted by Gasteiger charge is 2.21. The first-order chi connectivity index (χ1) is 16.6. The highest BCUT2D eigenvalue weighted by Crippen LogP contribution is 2.30. The lowest BCUT2D eigenvalue weighted by atomic mass is 9.98. The standard InChI is InChI=1S/C26H21ClN2O5S/c1-16-24(19-10-6-7-11-21(19)29-25(16)17-8-4-3-5-9-17)26(31)34-15-23(30)28-22-14-18(35(2,32)33)12-13-20(22)27/h3-14H,15H2,1-2H3,(H,28,30). The number of nitrogens with one attached hydrogen (secondary N) is 1. The molecule has 1 N–H and O–H groups in total. The van der Waals surface area contributed by atoms with Crippen LogP contribution in [0.4, 0.5) is 5.69 Å². The maximum atomic E-state index is 13.1. The molecule has 0 aliphatic rings. The summed E-state index contributed by atoms with van der Waals surface area (Å²) in [5.74, 6) is -1.34. The van der Waals surface area contributed by atoms with E-state index < -0.39 is 28.3 Å². The van der Waals surface area contributed by atoms with E-state index in [1.54, 1.807) is 19.1 Å². The van der Waals surface area contributed by atoms with Crippen LogP contribution in [0.5, 0.6) is 0 Å². The number of ether oxygens (including phenoxy) is 1. The Morgan fingerprint density at radius 2 is 1.69 bits per heavy atom. The van der Waals surface area contributed by atoms with Crippen molar-refractivity contribution in [2.24, 2.45) is 0 Å². The van der Waals surface area contributed by atoms with E-state index in [0.29, 0.717) is 27.7 Å². The molecule has 0 saturated heterocycles. The third-order valence-electron chi connectivity index (χ3n) is 5.36. The number of hydrogen-bond acceptors (Lipinski definition) is 6. The number of hydrogen-bond donors (Lipinski definition) is 1. The summed E-state index contributed by atoms with van der Waals surface area (Å²) >= 11 is 6.09. The molecule has 178 valence electrons. The number of esters is 1. The van der Waals surface area contributed by atoms with Gasteiger partial charge in [-0.25, -0.2) is 18.2 Å². The average molecular weight is 509 g/mol. The number of pyridine rings is 1. The van der Waals surface area contributed by atoms with Gasteiger partial charge < -0.3 is 10.1 Å². The number of benzene rings is 3.